The van der Waals surface area contributed by atoms with Crippen LogP contribution in [0.15, 0.2) is 0 Å². The monoisotopic (exact) mass is 202 g/mol. The first kappa shape index (κ1) is 12.9. The Morgan fingerprint density at radius 1 is 1.50 bits per heavy atom. The molecule has 1 amide bonds. The largest absolute Gasteiger partial charge is 0.480 e. The van der Waals surface area contributed by atoms with Gasteiger partial charge < -0.3 is 10.4 Å². The van der Waals surface area contributed by atoms with Crippen molar-refractivity contribution in [1.82, 2.24) is 10.2 Å². The van der Waals surface area contributed by atoms with E-state index in [9.17, 15) is 9.59 Å². The van der Waals surface area contributed by atoms with Crippen molar-refractivity contribution in [2.45, 2.75) is 26.3 Å². The fourth-order valence-electron chi connectivity index (χ4n) is 1.24. The fourth-order valence-corrected chi connectivity index (χ4v) is 1.24. The maximum Gasteiger partial charge on any atom is 0.320 e. The Bertz CT molecular complexity index is 206. The Morgan fingerprint density at radius 2 is 2.07 bits per heavy atom. The van der Waals surface area contributed by atoms with Gasteiger partial charge in [-0.25, -0.2) is 0 Å². The van der Waals surface area contributed by atoms with Gasteiger partial charge in [0, 0.05) is 20.0 Å². The van der Waals surface area contributed by atoms with Crippen LogP contribution in [0.3, 0.4) is 0 Å². The molecule has 14 heavy (non-hydrogen) atoms. The minimum absolute atomic E-state index is 0.0956. The smallest absolute Gasteiger partial charge is 0.320 e. The zero-order chi connectivity index (χ0) is 11.1. The second-order valence-electron chi connectivity index (χ2n) is 3.23. The molecule has 0 fully saturated rings. The summed E-state index contributed by atoms with van der Waals surface area (Å²) in [5.74, 6) is -0.917. The third kappa shape index (κ3) is 4.81. The summed E-state index contributed by atoms with van der Waals surface area (Å²) in [5, 5.41) is 11.4. The standard InChI is InChI=1S/C9H18N2O3/c1-4-8(9(13)14)11(3)6-5-10-7(2)12/h8H,4-6H2,1-3H3,(H,10,12)(H,13,14). The summed E-state index contributed by atoms with van der Waals surface area (Å²) in [7, 11) is 1.74. The molecule has 0 rings (SSSR count). The Labute approximate surface area is 84.1 Å². The molecule has 0 saturated heterocycles. The van der Waals surface area contributed by atoms with Crippen LogP contribution in [-0.4, -0.2) is 48.1 Å². The van der Waals surface area contributed by atoms with E-state index in [1.54, 1.807) is 11.9 Å². The van der Waals surface area contributed by atoms with Crippen molar-refractivity contribution in [3.05, 3.63) is 0 Å². The SMILES string of the molecule is CCC(C(=O)O)N(C)CCNC(C)=O. The van der Waals surface area contributed by atoms with Gasteiger partial charge in [-0.05, 0) is 13.5 Å². The number of nitrogens with zero attached hydrogens (tertiary/aromatic N) is 1. The van der Waals surface area contributed by atoms with E-state index in [0.29, 0.717) is 19.5 Å². The number of hydrogen-bond acceptors (Lipinski definition) is 3. The van der Waals surface area contributed by atoms with Gasteiger partial charge in [-0.15, -0.1) is 0 Å². The van der Waals surface area contributed by atoms with E-state index < -0.39 is 12.0 Å². The second-order valence-corrected chi connectivity index (χ2v) is 3.23. The molecule has 0 spiro atoms. The average molecular weight is 202 g/mol. The fraction of sp³-hybridized carbons (Fsp3) is 0.778. The number of nitrogens with one attached hydrogen (secondary N) is 1. The Hall–Kier alpha value is -1.10. The molecule has 2 N–H and O–H groups in total. The van der Waals surface area contributed by atoms with Gasteiger partial charge in [0.25, 0.3) is 0 Å². The van der Waals surface area contributed by atoms with Gasteiger partial charge in [0.1, 0.15) is 6.04 Å². The van der Waals surface area contributed by atoms with Crippen molar-refractivity contribution >= 4 is 11.9 Å². The van der Waals surface area contributed by atoms with Gasteiger partial charge in [-0.3, -0.25) is 14.5 Å². The van der Waals surface area contributed by atoms with Crippen molar-refractivity contribution in [2.75, 3.05) is 20.1 Å². The van der Waals surface area contributed by atoms with Crippen LogP contribution in [0.5, 0.6) is 0 Å². The van der Waals surface area contributed by atoms with Crippen molar-refractivity contribution < 1.29 is 14.7 Å². The lowest BCUT2D eigenvalue weighted by molar-refractivity contribution is -0.142. The molecule has 0 aliphatic carbocycles. The van der Waals surface area contributed by atoms with E-state index in [-0.39, 0.29) is 5.91 Å². The quantitative estimate of drug-likeness (QED) is 0.632. The van der Waals surface area contributed by atoms with Crippen LogP contribution in [0.25, 0.3) is 0 Å². The maximum absolute atomic E-state index is 10.7. The number of likely N-dealkylation sites (N-methyl/N-ethyl adjacent to an activating group) is 1. The molecule has 0 aliphatic rings. The second kappa shape index (κ2) is 6.37. The molecule has 5 heteroatoms. The van der Waals surface area contributed by atoms with Gasteiger partial charge in [-0.1, -0.05) is 6.92 Å². The van der Waals surface area contributed by atoms with Gasteiger partial charge in [0.15, 0.2) is 0 Å². The predicted molar refractivity (Wildman–Crippen MR) is 53.0 cm³/mol. The molecular weight excluding hydrogens is 184 g/mol. The first-order valence-electron chi connectivity index (χ1n) is 4.66. The number of carboxylic acids is 1. The first-order valence-corrected chi connectivity index (χ1v) is 4.66. The molecule has 5 nitrogen and oxygen atoms in total. The topological polar surface area (TPSA) is 69.6 Å². The van der Waals surface area contributed by atoms with E-state index >= 15 is 0 Å². The first-order chi connectivity index (χ1) is 6.49. The summed E-state index contributed by atoms with van der Waals surface area (Å²) in [4.78, 5) is 23.0. The van der Waals surface area contributed by atoms with Crippen molar-refractivity contribution in [2.24, 2.45) is 0 Å². The lowest BCUT2D eigenvalue weighted by atomic mass is 10.2. The molecule has 1 atom stereocenters. The highest BCUT2D eigenvalue weighted by atomic mass is 16.4. The van der Waals surface area contributed by atoms with Crippen LogP contribution in [0.1, 0.15) is 20.3 Å². The van der Waals surface area contributed by atoms with Crippen molar-refractivity contribution in [3.8, 4) is 0 Å². The van der Waals surface area contributed by atoms with Crippen LogP contribution in [0, 0.1) is 0 Å². The molecular formula is C9H18N2O3. The normalized spacial score (nSPS) is 12.6. The predicted octanol–water partition coefficient (Wildman–Crippen LogP) is -0.0825. The van der Waals surface area contributed by atoms with E-state index in [0.717, 1.165) is 0 Å². The van der Waals surface area contributed by atoms with Gasteiger partial charge in [0.05, 0.1) is 0 Å². The molecule has 0 radical (unpaired) electrons. The third-order valence-corrected chi connectivity index (χ3v) is 2.04. The molecule has 82 valence electrons. The zero-order valence-electron chi connectivity index (χ0n) is 8.91. The number of rotatable bonds is 6. The average Bonchev–Trinajstić information content (AvgIpc) is 2.03. The summed E-state index contributed by atoms with van der Waals surface area (Å²) in [6.07, 6.45) is 0.561. The molecule has 0 aromatic carbocycles. The number of amides is 1. The molecule has 0 heterocycles. The number of hydrogen-bond donors (Lipinski definition) is 2. The summed E-state index contributed by atoms with van der Waals surface area (Å²) >= 11 is 0. The lowest BCUT2D eigenvalue weighted by Gasteiger charge is -2.23. The van der Waals surface area contributed by atoms with Crippen LogP contribution in [0.2, 0.25) is 0 Å². The highest BCUT2D eigenvalue weighted by Gasteiger charge is 2.19. The highest BCUT2D eigenvalue weighted by Crippen LogP contribution is 2.00. The van der Waals surface area contributed by atoms with Crippen LogP contribution < -0.4 is 5.32 Å². The van der Waals surface area contributed by atoms with Crippen molar-refractivity contribution in [1.29, 1.82) is 0 Å². The molecule has 0 aromatic heterocycles. The highest BCUT2D eigenvalue weighted by molar-refractivity contribution is 5.73. The Kier molecular flexibility index (Phi) is 5.87. The van der Waals surface area contributed by atoms with Gasteiger partial charge >= 0.3 is 5.97 Å². The van der Waals surface area contributed by atoms with Crippen LogP contribution >= 0.6 is 0 Å². The van der Waals surface area contributed by atoms with Gasteiger partial charge in [-0.2, -0.15) is 0 Å². The molecule has 0 aromatic rings. The third-order valence-electron chi connectivity index (χ3n) is 2.04. The van der Waals surface area contributed by atoms with Crippen molar-refractivity contribution in [3.63, 3.8) is 0 Å². The van der Waals surface area contributed by atoms with E-state index in [1.807, 2.05) is 6.92 Å². The van der Waals surface area contributed by atoms with E-state index in [2.05, 4.69) is 5.32 Å². The molecule has 0 saturated carbocycles. The minimum atomic E-state index is -0.821. The van der Waals surface area contributed by atoms with E-state index in [4.69, 9.17) is 5.11 Å². The summed E-state index contributed by atoms with van der Waals surface area (Å²) in [6, 6.07) is -0.469. The molecule has 0 bridgehead atoms. The minimum Gasteiger partial charge on any atom is -0.480 e. The van der Waals surface area contributed by atoms with Gasteiger partial charge in [0.2, 0.25) is 5.91 Å². The Morgan fingerprint density at radius 3 is 2.43 bits per heavy atom. The Balaban J connectivity index is 3.86. The van der Waals surface area contributed by atoms with E-state index in [1.165, 1.54) is 6.92 Å². The lowest BCUT2D eigenvalue weighted by Crippen LogP contribution is -2.42. The number of carbonyl (C=O) groups is 2. The number of carbonyl (C=O) groups excluding carboxylic acids is 1. The van der Waals surface area contributed by atoms with Crippen LogP contribution in [-0.2, 0) is 9.59 Å². The molecule has 1 unspecified atom stereocenters. The summed E-state index contributed by atoms with van der Waals surface area (Å²) in [5.41, 5.74) is 0. The maximum atomic E-state index is 10.7. The zero-order valence-corrected chi connectivity index (χ0v) is 8.91. The number of aliphatic carboxylic acids is 1. The number of carboxylic acid groups (broad SMARTS) is 1. The van der Waals surface area contributed by atoms with Crippen LogP contribution in [0.4, 0.5) is 0 Å². The summed E-state index contributed by atoms with van der Waals surface area (Å²) < 4.78 is 0. The molecule has 0 aliphatic heterocycles. The summed E-state index contributed by atoms with van der Waals surface area (Å²) in [6.45, 7) is 4.29.